The summed E-state index contributed by atoms with van der Waals surface area (Å²) in [4.78, 5) is 9.04. The van der Waals surface area contributed by atoms with Gasteiger partial charge in [0.05, 0.1) is 12.6 Å². The van der Waals surface area contributed by atoms with Crippen LogP contribution in [0.5, 0.6) is 0 Å². The number of aliphatic hydroxyl groups is 1. The molecule has 2 aromatic carbocycles. The molecule has 0 bridgehead atoms. The van der Waals surface area contributed by atoms with Crippen molar-refractivity contribution in [2.75, 3.05) is 13.1 Å². The second-order valence-electron chi connectivity index (χ2n) is 6.35. The Labute approximate surface area is 165 Å². The zero-order chi connectivity index (χ0) is 19.6. The van der Waals surface area contributed by atoms with Gasteiger partial charge in [-0.3, -0.25) is 0 Å². The van der Waals surface area contributed by atoms with E-state index in [0.717, 1.165) is 23.4 Å². The summed E-state index contributed by atoms with van der Waals surface area (Å²) in [5.74, 6) is 1.28. The minimum atomic E-state index is -0.499. The molecule has 0 saturated carbocycles. The van der Waals surface area contributed by atoms with Gasteiger partial charge in [0.2, 0.25) is 5.89 Å². The molecule has 1 heterocycles. The quantitative estimate of drug-likeness (QED) is 0.413. The molecule has 146 valence electrons. The Balaban J connectivity index is 1.53. The van der Waals surface area contributed by atoms with Crippen LogP contribution in [-0.2, 0) is 6.54 Å². The molecule has 1 aromatic heterocycles. The summed E-state index contributed by atoms with van der Waals surface area (Å²) >= 11 is 0. The smallest absolute Gasteiger partial charge is 0.226 e. The maximum atomic E-state index is 10.3. The highest BCUT2D eigenvalue weighted by Gasteiger charge is 2.08. The number of nitrogens with one attached hydrogen (secondary N) is 2. The molecular formula is C22H26N4O2. The van der Waals surface area contributed by atoms with Crippen LogP contribution in [0, 0.1) is 0 Å². The number of oxazole rings is 1. The van der Waals surface area contributed by atoms with Gasteiger partial charge in [-0.25, -0.2) is 9.98 Å². The van der Waals surface area contributed by atoms with Gasteiger partial charge in [0, 0.05) is 18.7 Å². The summed E-state index contributed by atoms with van der Waals surface area (Å²) in [6.07, 6.45) is 1.73. The van der Waals surface area contributed by atoms with Crippen LogP contribution in [0.4, 0.5) is 0 Å². The van der Waals surface area contributed by atoms with E-state index < -0.39 is 6.10 Å². The molecule has 0 spiro atoms. The Morgan fingerprint density at radius 1 is 1.07 bits per heavy atom. The van der Waals surface area contributed by atoms with Crippen LogP contribution in [0.25, 0.3) is 11.5 Å². The van der Waals surface area contributed by atoms with Gasteiger partial charge in [-0.15, -0.1) is 0 Å². The number of aromatic nitrogens is 1. The third-order valence-corrected chi connectivity index (χ3v) is 4.21. The van der Waals surface area contributed by atoms with Crippen LogP contribution >= 0.6 is 0 Å². The van der Waals surface area contributed by atoms with Gasteiger partial charge in [-0.2, -0.15) is 0 Å². The fraction of sp³-hybridized carbons (Fsp3) is 0.273. The lowest BCUT2D eigenvalue weighted by Crippen LogP contribution is -2.38. The fourth-order valence-electron chi connectivity index (χ4n) is 2.76. The first-order valence-corrected chi connectivity index (χ1v) is 9.51. The Hall–Kier alpha value is -3.12. The lowest BCUT2D eigenvalue weighted by molar-refractivity contribution is 0.168. The standard InChI is InChI=1S/C22H26N4O2/c1-2-23-22(24-14-13-20(27)17-9-5-3-6-10-17)25-15-19-16-28-21(26-19)18-11-7-4-8-12-18/h3-12,16,20,27H,2,13-15H2,1H3,(H2,23,24,25). The molecule has 0 aliphatic heterocycles. The normalized spacial score (nSPS) is 12.6. The van der Waals surface area contributed by atoms with E-state index >= 15 is 0 Å². The number of hydrogen-bond donors (Lipinski definition) is 3. The molecule has 0 aliphatic rings. The van der Waals surface area contributed by atoms with E-state index in [4.69, 9.17) is 4.42 Å². The predicted octanol–water partition coefficient (Wildman–Crippen LogP) is 3.52. The van der Waals surface area contributed by atoms with E-state index in [2.05, 4.69) is 20.6 Å². The maximum Gasteiger partial charge on any atom is 0.226 e. The first-order chi connectivity index (χ1) is 13.8. The van der Waals surface area contributed by atoms with Crippen molar-refractivity contribution in [3.8, 4) is 11.5 Å². The van der Waals surface area contributed by atoms with E-state index in [1.165, 1.54) is 0 Å². The van der Waals surface area contributed by atoms with Crippen LogP contribution in [0.15, 0.2) is 76.3 Å². The van der Waals surface area contributed by atoms with E-state index in [9.17, 15) is 5.11 Å². The molecule has 6 heteroatoms. The van der Waals surface area contributed by atoms with Crippen LogP contribution in [0.3, 0.4) is 0 Å². The van der Waals surface area contributed by atoms with Crippen LogP contribution in [0.2, 0.25) is 0 Å². The highest BCUT2D eigenvalue weighted by Crippen LogP contribution is 2.18. The van der Waals surface area contributed by atoms with Crippen molar-refractivity contribution in [3.63, 3.8) is 0 Å². The van der Waals surface area contributed by atoms with Crippen molar-refractivity contribution in [2.24, 2.45) is 4.99 Å². The highest BCUT2D eigenvalue weighted by molar-refractivity contribution is 5.79. The zero-order valence-electron chi connectivity index (χ0n) is 16.0. The summed E-state index contributed by atoms with van der Waals surface area (Å²) in [5, 5.41) is 16.7. The maximum absolute atomic E-state index is 10.3. The first-order valence-electron chi connectivity index (χ1n) is 9.51. The summed E-state index contributed by atoms with van der Waals surface area (Å²) in [6, 6.07) is 19.4. The number of benzene rings is 2. The van der Waals surface area contributed by atoms with Crippen molar-refractivity contribution >= 4 is 5.96 Å². The summed E-state index contributed by atoms with van der Waals surface area (Å²) in [7, 11) is 0. The monoisotopic (exact) mass is 378 g/mol. The molecule has 0 fully saturated rings. The third kappa shape index (κ3) is 5.69. The van der Waals surface area contributed by atoms with Crippen molar-refractivity contribution < 1.29 is 9.52 Å². The number of rotatable bonds is 8. The first kappa shape index (κ1) is 19.6. The van der Waals surface area contributed by atoms with E-state index in [0.29, 0.717) is 31.4 Å². The SMILES string of the molecule is CCNC(=NCc1coc(-c2ccccc2)n1)NCCC(O)c1ccccc1. The van der Waals surface area contributed by atoms with Crippen molar-refractivity contribution in [3.05, 3.63) is 78.2 Å². The number of aliphatic hydroxyl groups excluding tert-OH is 1. The molecule has 28 heavy (non-hydrogen) atoms. The molecule has 0 amide bonds. The highest BCUT2D eigenvalue weighted by atomic mass is 16.3. The average Bonchev–Trinajstić information content (AvgIpc) is 3.22. The molecule has 3 aromatic rings. The summed E-state index contributed by atoms with van der Waals surface area (Å²) < 4.78 is 5.55. The van der Waals surface area contributed by atoms with Gasteiger partial charge in [-0.1, -0.05) is 48.5 Å². The molecule has 0 saturated heterocycles. The fourth-order valence-corrected chi connectivity index (χ4v) is 2.76. The lowest BCUT2D eigenvalue weighted by Gasteiger charge is -2.14. The van der Waals surface area contributed by atoms with Gasteiger partial charge in [0.25, 0.3) is 0 Å². The second-order valence-corrected chi connectivity index (χ2v) is 6.35. The summed E-state index contributed by atoms with van der Waals surface area (Å²) in [6.45, 7) is 3.78. The van der Waals surface area contributed by atoms with Crippen molar-refractivity contribution in [1.29, 1.82) is 0 Å². The van der Waals surface area contributed by atoms with Gasteiger partial charge >= 0.3 is 0 Å². The Bertz CT molecular complexity index is 863. The predicted molar refractivity (Wildman–Crippen MR) is 111 cm³/mol. The van der Waals surface area contributed by atoms with Gasteiger partial charge in [0.15, 0.2) is 5.96 Å². The topological polar surface area (TPSA) is 82.7 Å². The Kier molecular flexibility index (Phi) is 7.21. The van der Waals surface area contributed by atoms with Crippen LogP contribution in [0.1, 0.15) is 30.7 Å². The Morgan fingerprint density at radius 3 is 2.50 bits per heavy atom. The molecular weight excluding hydrogens is 352 g/mol. The largest absolute Gasteiger partial charge is 0.444 e. The van der Waals surface area contributed by atoms with Crippen LogP contribution in [-0.4, -0.2) is 29.1 Å². The Morgan fingerprint density at radius 2 is 1.79 bits per heavy atom. The number of nitrogens with zero attached hydrogens (tertiary/aromatic N) is 2. The molecule has 6 nitrogen and oxygen atoms in total. The molecule has 1 unspecified atom stereocenters. The van der Waals surface area contributed by atoms with Crippen molar-refractivity contribution in [2.45, 2.75) is 26.0 Å². The lowest BCUT2D eigenvalue weighted by atomic mass is 10.1. The van der Waals surface area contributed by atoms with E-state index in [1.54, 1.807) is 6.26 Å². The van der Waals surface area contributed by atoms with E-state index in [-0.39, 0.29) is 0 Å². The molecule has 0 aliphatic carbocycles. The second kappa shape index (κ2) is 10.3. The minimum absolute atomic E-state index is 0.410. The number of aliphatic imine (C=N–C) groups is 1. The molecule has 0 radical (unpaired) electrons. The molecule has 1 atom stereocenters. The van der Waals surface area contributed by atoms with E-state index in [1.807, 2.05) is 67.6 Å². The van der Waals surface area contributed by atoms with Gasteiger partial charge in [0.1, 0.15) is 12.0 Å². The number of guanidine groups is 1. The van der Waals surface area contributed by atoms with Gasteiger partial charge in [-0.05, 0) is 31.0 Å². The zero-order valence-corrected chi connectivity index (χ0v) is 16.0. The van der Waals surface area contributed by atoms with Gasteiger partial charge < -0.3 is 20.2 Å². The minimum Gasteiger partial charge on any atom is -0.444 e. The average molecular weight is 378 g/mol. The number of hydrogen-bond acceptors (Lipinski definition) is 4. The molecule has 3 N–H and O–H groups in total. The van der Waals surface area contributed by atoms with Crippen LogP contribution < -0.4 is 10.6 Å². The summed E-state index contributed by atoms with van der Waals surface area (Å²) in [5.41, 5.74) is 2.63. The van der Waals surface area contributed by atoms with Crippen molar-refractivity contribution in [1.82, 2.24) is 15.6 Å². The third-order valence-electron chi connectivity index (χ3n) is 4.21. The molecule has 3 rings (SSSR count).